The topological polar surface area (TPSA) is 38.9 Å². The Bertz CT molecular complexity index is 470. The number of nitrogens with zero attached hydrogens (tertiary/aromatic N) is 1. The molecule has 2 rings (SSSR count). The molecule has 0 aliphatic heterocycles. The summed E-state index contributed by atoms with van der Waals surface area (Å²) in [4.78, 5) is 3.99. The molecule has 0 bridgehead atoms. The average molecular weight is 241 g/mol. The van der Waals surface area contributed by atoms with E-state index < -0.39 is 0 Å². The molecule has 0 spiro atoms. The minimum Gasteiger partial charge on any atom is -0.384 e. The highest BCUT2D eigenvalue weighted by atomic mass is 79.9. The summed E-state index contributed by atoms with van der Waals surface area (Å²) >= 11 is 3.10. The number of hydrogen-bond donors (Lipinski definition) is 1. The van der Waals surface area contributed by atoms with Gasteiger partial charge in [0, 0.05) is 11.5 Å². The van der Waals surface area contributed by atoms with E-state index in [9.17, 15) is 4.39 Å². The highest BCUT2D eigenvalue weighted by molar-refractivity contribution is 9.10. The molecule has 0 atom stereocenters. The van der Waals surface area contributed by atoms with Crippen LogP contribution in [0.1, 0.15) is 0 Å². The zero-order chi connectivity index (χ0) is 9.42. The molecule has 2 N–H and O–H groups in total. The van der Waals surface area contributed by atoms with Crippen LogP contribution in [-0.4, -0.2) is 4.98 Å². The Morgan fingerprint density at radius 2 is 2.08 bits per heavy atom. The largest absolute Gasteiger partial charge is 0.384 e. The minimum absolute atomic E-state index is 0.328. The van der Waals surface area contributed by atoms with Gasteiger partial charge in [-0.05, 0) is 34.1 Å². The maximum atomic E-state index is 13.1. The summed E-state index contributed by atoms with van der Waals surface area (Å²) in [7, 11) is 0. The molecule has 66 valence electrons. The first-order valence-electron chi connectivity index (χ1n) is 3.68. The summed E-state index contributed by atoms with van der Waals surface area (Å²) in [6, 6.07) is 6.53. The van der Waals surface area contributed by atoms with Crippen LogP contribution in [0.5, 0.6) is 0 Å². The van der Waals surface area contributed by atoms with Crippen LogP contribution in [0.15, 0.2) is 28.7 Å². The standard InChI is InChI=1S/C9H6BrFN2/c10-6-3-5-1-2-9(12)13-8(5)4-7(6)11/h1-4H,(H2,12,13). The number of halogens is 2. The molecule has 0 aliphatic rings. The molecule has 1 aromatic carbocycles. The van der Waals surface area contributed by atoms with Gasteiger partial charge in [-0.2, -0.15) is 0 Å². The van der Waals surface area contributed by atoms with Gasteiger partial charge in [0.1, 0.15) is 11.6 Å². The third-order valence-corrected chi connectivity index (χ3v) is 2.36. The van der Waals surface area contributed by atoms with Gasteiger partial charge in [0.05, 0.1) is 9.99 Å². The molecule has 0 fully saturated rings. The molecule has 2 nitrogen and oxygen atoms in total. The van der Waals surface area contributed by atoms with Crippen molar-refractivity contribution in [2.75, 3.05) is 5.73 Å². The molecule has 0 aliphatic carbocycles. The molecule has 0 radical (unpaired) electrons. The maximum Gasteiger partial charge on any atom is 0.139 e. The molecule has 1 aromatic heterocycles. The van der Waals surface area contributed by atoms with Crippen molar-refractivity contribution in [3.05, 3.63) is 34.6 Å². The van der Waals surface area contributed by atoms with Crippen LogP contribution in [0, 0.1) is 5.82 Å². The molecule has 0 unspecified atom stereocenters. The number of rotatable bonds is 0. The second-order valence-corrected chi connectivity index (χ2v) is 3.55. The molecular weight excluding hydrogens is 235 g/mol. The molecule has 2 aromatic rings. The van der Waals surface area contributed by atoms with Crippen LogP contribution >= 0.6 is 15.9 Å². The average Bonchev–Trinajstić information content (AvgIpc) is 2.08. The number of nitrogens with two attached hydrogens (primary N) is 1. The fraction of sp³-hybridized carbons (Fsp3) is 0. The first-order chi connectivity index (χ1) is 6.16. The van der Waals surface area contributed by atoms with Crippen molar-refractivity contribution in [2.45, 2.75) is 0 Å². The number of aromatic nitrogens is 1. The highest BCUT2D eigenvalue weighted by Gasteiger charge is 2.02. The van der Waals surface area contributed by atoms with Gasteiger partial charge in [-0.15, -0.1) is 0 Å². The Balaban J connectivity index is 2.81. The molecule has 4 heteroatoms. The van der Waals surface area contributed by atoms with Gasteiger partial charge >= 0.3 is 0 Å². The van der Waals surface area contributed by atoms with Gasteiger partial charge < -0.3 is 5.73 Å². The zero-order valence-electron chi connectivity index (χ0n) is 6.59. The van der Waals surface area contributed by atoms with Crippen molar-refractivity contribution < 1.29 is 4.39 Å². The van der Waals surface area contributed by atoms with Gasteiger partial charge in [0.2, 0.25) is 0 Å². The van der Waals surface area contributed by atoms with E-state index in [0.717, 1.165) is 5.39 Å². The monoisotopic (exact) mass is 240 g/mol. The van der Waals surface area contributed by atoms with Crippen molar-refractivity contribution in [2.24, 2.45) is 0 Å². The summed E-state index contributed by atoms with van der Waals surface area (Å²) in [6.45, 7) is 0. The van der Waals surface area contributed by atoms with Gasteiger partial charge in [-0.3, -0.25) is 0 Å². The van der Waals surface area contributed by atoms with Crippen LogP contribution in [0.2, 0.25) is 0 Å². The summed E-state index contributed by atoms with van der Waals surface area (Å²) in [6.07, 6.45) is 0. The number of hydrogen-bond acceptors (Lipinski definition) is 2. The SMILES string of the molecule is Nc1ccc2cc(Br)c(F)cc2n1. The smallest absolute Gasteiger partial charge is 0.139 e. The van der Waals surface area contributed by atoms with Crippen LogP contribution in [-0.2, 0) is 0 Å². The fourth-order valence-corrected chi connectivity index (χ4v) is 1.49. The maximum absolute atomic E-state index is 13.1. The minimum atomic E-state index is -0.328. The fourth-order valence-electron chi connectivity index (χ4n) is 1.13. The van der Waals surface area contributed by atoms with Gasteiger partial charge in [-0.1, -0.05) is 0 Å². The second-order valence-electron chi connectivity index (χ2n) is 2.70. The Morgan fingerprint density at radius 3 is 2.85 bits per heavy atom. The van der Waals surface area contributed by atoms with Crippen molar-refractivity contribution in [1.29, 1.82) is 0 Å². The van der Waals surface area contributed by atoms with Crippen molar-refractivity contribution in [1.82, 2.24) is 4.98 Å². The van der Waals surface area contributed by atoms with E-state index in [0.29, 0.717) is 15.8 Å². The zero-order valence-corrected chi connectivity index (χ0v) is 8.18. The van der Waals surface area contributed by atoms with Crippen molar-refractivity contribution in [3.63, 3.8) is 0 Å². The van der Waals surface area contributed by atoms with Crippen LogP contribution in [0.25, 0.3) is 10.9 Å². The lowest BCUT2D eigenvalue weighted by atomic mass is 10.2. The predicted octanol–water partition coefficient (Wildman–Crippen LogP) is 2.72. The normalized spacial score (nSPS) is 10.6. The van der Waals surface area contributed by atoms with E-state index in [-0.39, 0.29) is 5.82 Å². The second kappa shape index (κ2) is 2.96. The number of fused-ring (bicyclic) bond motifs is 1. The Labute approximate surface area is 82.7 Å². The van der Waals surface area contributed by atoms with Crippen LogP contribution < -0.4 is 5.73 Å². The third-order valence-electron chi connectivity index (χ3n) is 1.75. The number of pyridine rings is 1. The molecule has 0 saturated heterocycles. The van der Waals surface area contributed by atoms with Crippen molar-refractivity contribution in [3.8, 4) is 0 Å². The lowest BCUT2D eigenvalue weighted by Gasteiger charge is -2.00. The van der Waals surface area contributed by atoms with E-state index in [2.05, 4.69) is 20.9 Å². The van der Waals surface area contributed by atoms with E-state index in [1.165, 1.54) is 6.07 Å². The van der Waals surface area contributed by atoms with Gasteiger partial charge in [0.15, 0.2) is 0 Å². The number of benzene rings is 1. The third kappa shape index (κ3) is 1.49. The molecule has 0 saturated carbocycles. The number of anilines is 1. The predicted molar refractivity (Wildman–Crippen MR) is 53.8 cm³/mol. The van der Waals surface area contributed by atoms with E-state index in [1.54, 1.807) is 12.1 Å². The first kappa shape index (κ1) is 8.44. The summed E-state index contributed by atoms with van der Waals surface area (Å²) in [5, 5.41) is 0.863. The lowest BCUT2D eigenvalue weighted by Crippen LogP contribution is -1.90. The van der Waals surface area contributed by atoms with E-state index in [1.807, 2.05) is 6.07 Å². The number of nitrogen functional groups attached to an aromatic ring is 1. The van der Waals surface area contributed by atoms with Crippen LogP contribution in [0.4, 0.5) is 10.2 Å². The first-order valence-corrected chi connectivity index (χ1v) is 4.47. The highest BCUT2D eigenvalue weighted by Crippen LogP contribution is 2.22. The molecule has 1 heterocycles. The van der Waals surface area contributed by atoms with E-state index in [4.69, 9.17) is 5.73 Å². The summed E-state index contributed by atoms with van der Waals surface area (Å²) < 4.78 is 13.5. The Hall–Kier alpha value is -1.16. The summed E-state index contributed by atoms with van der Waals surface area (Å²) in [5.74, 6) is 0.0693. The van der Waals surface area contributed by atoms with Gasteiger partial charge in [-0.25, -0.2) is 9.37 Å². The Morgan fingerprint density at radius 1 is 1.31 bits per heavy atom. The van der Waals surface area contributed by atoms with Crippen molar-refractivity contribution >= 4 is 32.7 Å². The summed E-state index contributed by atoms with van der Waals surface area (Å²) in [5.41, 5.74) is 6.04. The lowest BCUT2D eigenvalue weighted by molar-refractivity contribution is 0.623. The quantitative estimate of drug-likeness (QED) is 0.770. The molecule has 13 heavy (non-hydrogen) atoms. The molecule has 0 amide bonds. The molecular formula is C9H6BrFN2. The van der Waals surface area contributed by atoms with E-state index >= 15 is 0 Å². The van der Waals surface area contributed by atoms with Crippen LogP contribution in [0.3, 0.4) is 0 Å². The Kier molecular flexibility index (Phi) is 1.92. The van der Waals surface area contributed by atoms with Gasteiger partial charge in [0.25, 0.3) is 0 Å².